The lowest BCUT2D eigenvalue weighted by Gasteiger charge is -2.32. The molecule has 16 heavy (non-hydrogen) atoms. The molecule has 0 aromatic heterocycles. The molecule has 2 nitrogen and oxygen atoms in total. The third kappa shape index (κ3) is 2.77. The van der Waals surface area contributed by atoms with Crippen molar-refractivity contribution in [1.82, 2.24) is 0 Å². The van der Waals surface area contributed by atoms with E-state index in [1.165, 1.54) is 0 Å². The van der Waals surface area contributed by atoms with Gasteiger partial charge in [0.25, 0.3) is 0 Å². The number of hydrogen-bond donors (Lipinski definition) is 2. The van der Waals surface area contributed by atoms with Crippen molar-refractivity contribution in [3.05, 3.63) is 33.3 Å². The molecule has 3 N–H and O–H groups in total. The van der Waals surface area contributed by atoms with E-state index in [4.69, 9.17) is 17.3 Å². The van der Waals surface area contributed by atoms with Crippen LogP contribution in [0.1, 0.15) is 25.8 Å². The number of benzene rings is 1. The van der Waals surface area contributed by atoms with Gasteiger partial charge in [-0.15, -0.1) is 0 Å². The monoisotopic (exact) mass is 305 g/mol. The molecule has 0 saturated heterocycles. The van der Waals surface area contributed by atoms with Crippen LogP contribution >= 0.6 is 27.5 Å². The summed E-state index contributed by atoms with van der Waals surface area (Å²) in [5, 5.41) is 11.1. The van der Waals surface area contributed by atoms with Gasteiger partial charge >= 0.3 is 0 Å². The fourth-order valence-electron chi connectivity index (χ4n) is 1.91. The molecule has 0 saturated carbocycles. The highest BCUT2D eigenvalue weighted by atomic mass is 79.9. The molecule has 2 unspecified atom stereocenters. The summed E-state index contributed by atoms with van der Waals surface area (Å²) < 4.78 is 0.901. The molecule has 1 rings (SSSR count). The third-order valence-electron chi connectivity index (χ3n) is 3.05. The van der Waals surface area contributed by atoms with Crippen molar-refractivity contribution in [3.63, 3.8) is 0 Å². The Morgan fingerprint density at radius 3 is 2.62 bits per heavy atom. The predicted molar refractivity (Wildman–Crippen MR) is 71.6 cm³/mol. The lowest BCUT2D eigenvalue weighted by molar-refractivity contribution is -0.00393. The van der Waals surface area contributed by atoms with E-state index in [1.54, 1.807) is 13.0 Å². The van der Waals surface area contributed by atoms with Crippen molar-refractivity contribution >= 4 is 27.5 Å². The maximum atomic E-state index is 10.5. The number of hydrogen-bond acceptors (Lipinski definition) is 2. The van der Waals surface area contributed by atoms with E-state index in [1.807, 2.05) is 19.1 Å². The third-order valence-corrected chi connectivity index (χ3v) is 3.85. The van der Waals surface area contributed by atoms with E-state index < -0.39 is 5.60 Å². The van der Waals surface area contributed by atoms with Gasteiger partial charge in [0.05, 0.1) is 5.60 Å². The Morgan fingerprint density at radius 2 is 2.19 bits per heavy atom. The molecule has 0 aliphatic carbocycles. The maximum Gasteiger partial charge on any atom is 0.0922 e. The van der Waals surface area contributed by atoms with E-state index in [-0.39, 0.29) is 5.92 Å². The zero-order valence-corrected chi connectivity index (χ0v) is 11.8. The molecule has 0 aliphatic heterocycles. The lowest BCUT2D eigenvalue weighted by atomic mass is 9.81. The topological polar surface area (TPSA) is 46.2 Å². The number of rotatable bonds is 4. The van der Waals surface area contributed by atoms with Gasteiger partial charge < -0.3 is 10.8 Å². The molecule has 0 spiro atoms. The standard InChI is InChI=1S/C12H17BrClNO/c1-3-8(7-15)12(2,16)10-5-4-9(13)6-11(10)14/h4-6,8,16H,3,7,15H2,1-2H3. The average Bonchev–Trinajstić information content (AvgIpc) is 2.18. The summed E-state index contributed by atoms with van der Waals surface area (Å²) in [7, 11) is 0. The smallest absolute Gasteiger partial charge is 0.0922 e. The van der Waals surface area contributed by atoms with Crippen molar-refractivity contribution in [2.45, 2.75) is 25.9 Å². The fourth-order valence-corrected chi connectivity index (χ4v) is 2.78. The SMILES string of the molecule is CCC(CN)C(C)(O)c1ccc(Br)cc1Cl. The van der Waals surface area contributed by atoms with Crippen molar-refractivity contribution in [2.24, 2.45) is 11.7 Å². The van der Waals surface area contributed by atoms with E-state index in [2.05, 4.69) is 15.9 Å². The number of nitrogens with two attached hydrogens (primary N) is 1. The molecule has 0 heterocycles. The molecular formula is C12H17BrClNO. The summed E-state index contributed by atoms with van der Waals surface area (Å²) >= 11 is 9.48. The van der Waals surface area contributed by atoms with Crippen LogP contribution in [0.3, 0.4) is 0 Å². The van der Waals surface area contributed by atoms with Crippen LogP contribution in [0.15, 0.2) is 22.7 Å². The lowest BCUT2D eigenvalue weighted by Crippen LogP contribution is -2.36. The first kappa shape index (κ1) is 14.0. The van der Waals surface area contributed by atoms with Crippen molar-refractivity contribution < 1.29 is 5.11 Å². The van der Waals surface area contributed by atoms with Gasteiger partial charge in [-0.1, -0.05) is 40.5 Å². The molecule has 0 amide bonds. The maximum absolute atomic E-state index is 10.5. The molecule has 1 aromatic carbocycles. The van der Waals surface area contributed by atoms with E-state index in [0.717, 1.165) is 16.5 Å². The molecular weight excluding hydrogens is 289 g/mol. The van der Waals surface area contributed by atoms with E-state index in [9.17, 15) is 5.11 Å². The molecule has 4 heteroatoms. The van der Waals surface area contributed by atoms with Gasteiger partial charge in [0.2, 0.25) is 0 Å². The number of halogens is 2. The second-order valence-corrected chi connectivity index (χ2v) is 5.44. The molecule has 0 bridgehead atoms. The van der Waals surface area contributed by atoms with Crippen LogP contribution in [0.2, 0.25) is 5.02 Å². The first-order chi connectivity index (χ1) is 7.43. The molecule has 0 aliphatic rings. The van der Waals surface area contributed by atoms with Crippen molar-refractivity contribution in [3.8, 4) is 0 Å². The molecule has 0 fully saturated rings. The highest BCUT2D eigenvalue weighted by Crippen LogP contribution is 2.36. The van der Waals surface area contributed by atoms with Gasteiger partial charge in [-0.2, -0.15) is 0 Å². The minimum Gasteiger partial charge on any atom is -0.385 e. The highest BCUT2D eigenvalue weighted by molar-refractivity contribution is 9.10. The normalized spacial score (nSPS) is 16.9. The largest absolute Gasteiger partial charge is 0.385 e. The van der Waals surface area contributed by atoms with Gasteiger partial charge in [0.15, 0.2) is 0 Å². The van der Waals surface area contributed by atoms with Gasteiger partial charge in [-0.25, -0.2) is 0 Å². The van der Waals surface area contributed by atoms with Crippen LogP contribution in [0.4, 0.5) is 0 Å². The highest BCUT2D eigenvalue weighted by Gasteiger charge is 2.33. The Kier molecular flexibility index (Phi) is 4.80. The molecule has 90 valence electrons. The summed E-state index contributed by atoms with van der Waals surface area (Å²) in [6.45, 7) is 4.22. The van der Waals surface area contributed by atoms with Crippen LogP contribution in [0.25, 0.3) is 0 Å². The summed E-state index contributed by atoms with van der Waals surface area (Å²) in [6.07, 6.45) is 0.815. The Morgan fingerprint density at radius 1 is 1.56 bits per heavy atom. The first-order valence-corrected chi connectivity index (χ1v) is 6.48. The van der Waals surface area contributed by atoms with Crippen LogP contribution in [0.5, 0.6) is 0 Å². The van der Waals surface area contributed by atoms with Crippen LogP contribution < -0.4 is 5.73 Å². The van der Waals surface area contributed by atoms with Gasteiger partial charge in [0, 0.05) is 21.0 Å². The first-order valence-electron chi connectivity index (χ1n) is 5.31. The van der Waals surface area contributed by atoms with Crippen molar-refractivity contribution in [2.75, 3.05) is 6.54 Å². The van der Waals surface area contributed by atoms with Gasteiger partial charge in [0.1, 0.15) is 0 Å². The summed E-state index contributed by atoms with van der Waals surface area (Å²) in [4.78, 5) is 0. The summed E-state index contributed by atoms with van der Waals surface area (Å²) in [5.41, 5.74) is 5.42. The van der Waals surface area contributed by atoms with E-state index >= 15 is 0 Å². The molecule has 2 atom stereocenters. The van der Waals surface area contributed by atoms with Crippen LogP contribution in [-0.2, 0) is 5.60 Å². The summed E-state index contributed by atoms with van der Waals surface area (Å²) in [6, 6.07) is 5.50. The Bertz CT molecular complexity index is 364. The fraction of sp³-hybridized carbons (Fsp3) is 0.500. The Labute approximate surface area is 110 Å². The molecule has 1 aromatic rings. The Hall–Kier alpha value is -0.0900. The minimum absolute atomic E-state index is 0.00572. The average molecular weight is 307 g/mol. The zero-order chi connectivity index (χ0) is 12.3. The van der Waals surface area contributed by atoms with Gasteiger partial charge in [-0.05, 0) is 32.0 Å². The van der Waals surface area contributed by atoms with Crippen molar-refractivity contribution in [1.29, 1.82) is 0 Å². The molecule has 0 radical (unpaired) electrons. The number of aliphatic hydroxyl groups is 1. The predicted octanol–water partition coefficient (Wildman–Crippen LogP) is 3.29. The van der Waals surface area contributed by atoms with E-state index in [0.29, 0.717) is 11.6 Å². The second kappa shape index (κ2) is 5.50. The Balaban J connectivity index is 3.15. The van der Waals surface area contributed by atoms with Crippen LogP contribution in [-0.4, -0.2) is 11.7 Å². The van der Waals surface area contributed by atoms with Crippen LogP contribution in [0, 0.1) is 5.92 Å². The second-order valence-electron chi connectivity index (χ2n) is 4.11. The minimum atomic E-state index is -0.985. The quantitative estimate of drug-likeness (QED) is 0.896. The zero-order valence-electron chi connectivity index (χ0n) is 9.50. The summed E-state index contributed by atoms with van der Waals surface area (Å²) in [5.74, 6) is 0.00572. The van der Waals surface area contributed by atoms with Gasteiger partial charge in [-0.3, -0.25) is 0 Å².